The van der Waals surface area contributed by atoms with Crippen molar-refractivity contribution in [1.29, 1.82) is 0 Å². The van der Waals surface area contributed by atoms with Gasteiger partial charge >= 0.3 is 0 Å². The number of halogens is 2. The van der Waals surface area contributed by atoms with Gasteiger partial charge in [0.05, 0.1) is 6.04 Å². The van der Waals surface area contributed by atoms with E-state index in [0.717, 1.165) is 5.56 Å². The molecule has 0 amide bonds. The van der Waals surface area contributed by atoms with Crippen LogP contribution in [0.5, 0.6) is 0 Å². The number of aryl methyl sites for hydroxylation is 1. The van der Waals surface area contributed by atoms with Gasteiger partial charge in [0.25, 0.3) is 0 Å². The Hall–Kier alpha value is -0.750. The Morgan fingerprint density at radius 1 is 1.47 bits per heavy atom. The van der Waals surface area contributed by atoms with Gasteiger partial charge in [-0.2, -0.15) is 0 Å². The summed E-state index contributed by atoms with van der Waals surface area (Å²) in [5.74, 6) is 5.28. The smallest absolute Gasteiger partial charge is 0.129 e. The van der Waals surface area contributed by atoms with Gasteiger partial charge in [-0.25, -0.2) is 9.82 Å². The minimum Gasteiger partial charge on any atom is -0.271 e. The van der Waals surface area contributed by atoms with E-state index in [2.05, 4.69) is 21.4 Å². The molecule has 1 unspecified atom stereocenters. The van der Waals surface area contributed by atoms with Crippen LogP contribution in [0.4, 0.5) is 4.39 Å². The number of hydrogen-bond acceptors (Lipinski definition) is 3. The lowest BCUT2D eigenvalue weighted by atomic mass is 10.0. The second kappa shape index (κ2) is 5.27. The van der Waals surface area contributed by atoms with Crippen molar-refractivity contribution >= 4 is 27.3 Å². The summed E-state index contributed by atoms with van der Waals surface area (Å²) in [6.07, 6.45) is 0. The van der Waals surface area contributed by atoms with E-state index in [1.54, 1.807) is 17.4 Å². The Morgan fingerprint density at radius 3 is 2.76 bits per heavy atom. The van der Waals surface area contributed by atoms with Crippen LogP contribution in [-0.4, -0.2) is 0 Å². The van der Waals surface area contributed by atoms with E-state index >= 15 is 0 Å². The van der Waals surface area contributed by atoms with Gasteiger partial charge in [-0.15, -0.1) is 11.3 Å². The van der Waals surface area contributed by atoms with Crippen LogP contribution in [0.25, 0.3) is 0 Å². The van der Waals surface area contributed by atoms with Gasteiger partial charge in [0.1, 0.15) is 5.82 Å². The largest absolute Gasteiger partial charge is 0.271 e. The first-order valence-corrected chi connectivity index (χ1v) is 6.76. The fourth-order valence-electron chi connectivity index (χ4n) is 1.75. The number of rotatable bonds is 3. The van der Waals surface area contributed by atoms with Crippen LogP contribution in [0.3, 0.4) is 0 Å². The van der Waals surface area contributed by atoms with Crippen molar-refractivity contribution < 1.29 is 4.39 Å². The Labute approximate surface area is 112 Å². The molecule has 0 saturated carbocycles. The zero-order valence-electron chi connectivity index (χ0n) is 9.21. The van der Waals surface area contributed by atoms with Crippen molar-refractivity contribution in [1.82, 2.24) is 5.43 Å². The predicted octanol–water partition coefficient (Wildman–Crippen LogP) is 3.51. The maximum Gasteiger partial charge on any atom is 0.129 e. The normalized spacial score (nSPS) is 12.7. The summed E-state index contributed by atoms with van der Waals surface area (Å²) in [4.78, 5) is 1.17. The van der Waals surface area contributed by atoms with E-state index < -0.39 is 0 Å². The van der Waals surface area contributed by atoms with Gasteiger partial charge in [-0.3, -0.25) is 5.84 Å². The molecular formula is C12H12BrFN2S. The van der Waals surface area contributed by atoms with E-state index in [1.807, 2.05) is 24.4 Å². The van der Waals surface area contributed by atoms with Crippen molar-refractivity contribution in [2.45, 2.75) is 13.0 Å². The molecule has 0 fully saturated rings. The highest BCUT2D eigenvalue weighted by atomic mass is 79.9. The number of nitrogens with two attached hydrogens (primary N) is 1. The van der Waals surface area contributed by atoms with Gasteiger partial charge in [0.15, 0.2) is 0 Å². The molecule has 3 N–H and O–H groups in total. The van der Waals surface area contributed by atoms with Crippen molar-refractivity contribution in [2.24, 2.45) is 5.84 Å². The summed E-state index contributed by atoms with van der Waals surface area (Å²) in [6, 6.07) is 6.57. The van der Waals surface area contributed by atoms with Crippen LogP contribution >= 0.6 is 27.3 Å². The lowest BCUT2D eigenvalue weighted by molar-refractivity contribution is 0.558. The first-order valence-electron chi connectivity index (χ1n) is 5.08. The summed E-state index contributed by atoms with van der Waals surface area (Å²) in [5, 5.41) is 1.98. The summed E-state index contributed by atoms with van der Waals surface area (Å²) in [6.45, 7) is 2.01. The molecule has 0 aliphatic carbocycles. The zero-order chi connectivity index (χ0) is 12.4. The second-order valence-electron chi connectivity index (χ2n) is 3.73. The van der Waals surface area contributed by atoms with E-state index in [4.69, 9.17) is 5.84 Å². The molecule has 0 radical (unpaired) electrons. The van der Waals surface area contributed by atoms with Crippen LogP contribution in [-0.2, 0) is 0 Å². The molecule has 1 heterocycles. The number of hydrogen-bond donors (Lipinski definition) is 2. The average Bonchev–Trinajstić information content (AvgIpc) is 2.70. The monoisotopic (exact) mass is 314 g/mol. The molecule has 0 aliphatic rings. The van der Waals surface area contributed by atoms with Gasteiger partial charge in [0.2, 0.25) is 0 Å². The van der Waals surface area contributed by atoms with Gasteiger partial charge < -0.3 is 0 Å². The molecule has 1 aromatic carbocycles. The number of nitrogens with one attached hydrogen (secondary N) is 1. The number of benzene rings is 1. The molecule has 2 aromatic rings. The van der Waals surface area contributed by atoms with Gasteiger partial charge in [-0.05, 0) is 36.1 Å². The van der Waals surface area contributed by atoms with Gasteiger partial charge in [-0.1, -0.05) is 22.0 Å². The van der Waals surface area contributed by atoms with E-state index in [1.165, 1.54) is 10.9 Å². The predicted molar refractivity (Wildman–Crippen MR) is 72.3 cm³/mol. The van der Waals surface area contributed by atoms with E-state index in [-0.39, 0.29) is 11.9 Å². The molecule has 0 spiro atoms. The maximum absolute atomic E-state index is 13.9. The lowest BCUT2D eigenvalue weighted by Crippen LogP contribution is -2.29. The molecule has 0 aliphatic heterocycles. The molecule has 1 atom stereocenters. The highest BCUT2D eigenvalue weighted by Crippen LogP contribution is 2.32. The third-order valence-electron chi connectivity index (χ3n) is 2.54. The summed E-state index contributed by atoms with van der Waals surface area (Å²) < 4.78 is 14.6. The molecule has 2 rings (SSSR count). The van der Waals surface area contributed by atoms with Crippen molar-refractivity contribution in [3.63, 3.8) is 0 Å². The van der Waals surface area contributed by atoms with Crippen LogP contribution in [0.1, 0.15) is 22.0 Å². The SMILES string of the molecule is Cc1cc(C(NN)c2c(F)cccc2Br)cs1. The minimum atomic E-state index is -0.337. The Bertz CT molecular complexity index is 507. The van der Waals surface area contributed by atoms with E-state index in [9.17, 15) is 4.39 Å². The minimum absolute atomic E-state index is 0.272. The highest BCUT2D eigenvalue weighted by Gasteiger charge is 2.20. The first kappa shape index (κ1) is 12.7. The van der Waals surface area contributed by atoms with E-state index in [0.29, 0.717) is 10.0 Å². The molecule has 90 valence electrons. The fourth-order valence-corrected chi connectivity index (χ4v) is 3.05. The third-order valence-corrected chi connectivity index (χ3v) is 4.11. The summed E-state index contributed by atoms with van der Waals surface area (Å²) in [5.41, 5.74) is 4.17. The van der Waals surface area contributed by atoms with Crippen molar-refractivity contribution in [3.05, 3.63) is 55.9 Å². The maximum atomic E-state index is 13.9. The highest BCUT2D eigenvalue weighted by molar-refractivity contribution is 9.10. The third kappa shape index (κ3) is 2.57. The second-order valence-corrected chi connectivity index (χ2v) is 5.70. The van der Waals surface area contributed by atoms with Crippen LogP contribution in [0, 0.1) is 12.7 Å². The van der Waals surface area contributed by atoms with Crippen LogP contribution < -0.4 is 11.3 Å². The van der Waals surface area contributed by atoms with Crippen LogP contribution in [0.2, 0.25) is 0 Å². The Balaban J connectivity index is 2.49. The molecule has 5 heteroatoms. The molecule has 1 aromatic heterocycles. The molecule has 17 heavy (non-hydrogen) atoms. The quantitative estimate of drug-likeness (QED) is 0.672. The summed E-state index contributed by atoms with van der Waals surface area (Å²) >= 11 is 4.98. The first-order chi connectivity index (χ1) is 8.13. The lowest BCUT2D eigenvalue weighted by Gasteiger charge is -2.17. The van der Waals surface area contributed by atoms with Crippen molar-refractivity contribution in [3.8, 4) is 0 Å². The van der Waals surface area contributed by atoms with Crippen LogP contribution in [0.15, 0.2) is 34.1 Å². The molecule has 0 bridgehead atoms. The Kier molecular flexibility index (Phi) is 3.93. The summed E-state index contributed by atoms with van der Waals surface area (Å²) in [7, 11) is 0. The zero-order valence-corrected chi connectivity index (χ0v) is 11.6. The standard InChI is InChI=1S/C12H12BrFN2S/c1-7-5-8(6-17-7)12(16-15)11-9(13)3-2-4-10(11)14/h2-6,12,16H,15H2,1H3. The molecule has 2 nitrogen and oxygen atoms in total. The topological polar surface area (TPSA) is 38.0 Å². The number of thiophene rings is 1. The average molecular weight is 315 g/mol. The van der Waals surface area contributed by atoms with Gasteiger partial charge in [0, 0.05) is 14.9 Å². The van der Waals surface area contributed by atoms with Crippen molar-refractivity contribution in [2.75, 3.05) is 0 Å². The number of hydrazine groups is 1. The molecule has 0 saturated heterocycles. The molecular weight excluding hydrogens is 303 g/mol. The Morgan fingerprint density at radius 2 is 2.24 bits per heavy atom. The fraction of sp³-hybridized carbons (Fsp3) is 0.167.